The average molecular weight is 242 g/mol. The van der Waals surface area contributed by atoms with Crippen molar-refractivity contribution >= 4 is 23.2 Å². The topological polar surface area (TPSA) is 49.3 Å². The van der Waals surface area contributed by atoms with Gasteiger partial charge in [0.05, 0.1) is 11.1 Å². The molecule has 16 heavy (non-hydrogen) atoms. The quantitative estimate of drug-likeness (QED) is 0.632. The Labute approximate surface area is 100 Å². The molecule has 2 N–H and O–H groups in total. The molecule has 0 aliphatic heterocycles. The Hall–Kier alpha value is -1.22. The minimum Gasteiger partial charge on any atom is -0.506 e. The van der Waals surface area contributed by atoms with Gasteiger partial charge in [0.25, 0.3) is 0 Å². The number of phenols is 1. The van der Waals surface area contributed by atoms with Crippen molar-refractivity contribution in [3.8, 4) is 5.75 Å². The zero-order chi connectivity index (χ0) is 12.3. The first-order valence-corrected chi connectivity index (χ1v) is 5.57. The number of rotatable bonds is 3. The molecular formula is C12H16ClNO2. The van der Waals surface area contributed by atoms with Gasteiger partial charge < -0.3 is 10.4 Å². The van der Waals surface area contributed by atoms with Crippen LogP contribution in [0.15, 0.2) is 18.2 Å². The minimum absolute atomic E-state index is 0.0596. The van der Waals surface area contributed by atoms with Crippen molar-refractivity contribution in [2.24, 2.45) is 5.41 Å². The van der Waals surface area contributed by atoms with Gasteiger partial charge in [-0.25, -0.2) is 0 Å². The van der Waals surface area contributed by atoms with Crippen LogP contribution in [0.5, 0.6) is 5.75 Å². The number of phenolic OH excluding ortho intramolecular Hbond substituents is 1. The van der Waals surface area contributed by atoms with E-state index in [4.69, 9.17) is 11.6 Å². The molecule has 0 aliphatic rings. The van der Waals surface area contributed by atoms with E-state index in [0.717, 1.165) is 5.56 Å². The average Bonchev–Trinajstić information content (AvgIpc) is 2.23. The van der Waals surface area contributed by atoms with Crippen molar-refractivity contribution in [2.75, 3.05) is 11.2 Å². The third-order valence-corrected chi connectivity index (χ3v) is 3.02. The lowest BCUT2D eigenvalue weighted by Crippen LogP contribution is -2.32. The summed E-state index contributed by atoms with van der Waals surface area (Å²) in [5.74, 6) is 0.0820. The number of amides is 1. The van der Waals surface area contributed by atoms with E-state index in [2.05, 4.69) is 5.32 Å². The Morgan fingerprint density at radius 1 is 1.50 bits per heavy atom. The number of hydrogen-bond donors (Lipinski definition) is 2. The maximum Gasteiger partial charge on any atom is 0.231 e. The lowest BCUT2D eigenvalue weighted by atomic mass is 9.95. The summed E-state index contributed by atoms with van der Waals surface area (Å²) in [6.07, 6.45) is 0. The van der Waals surface area contributed by atoms with Gasteiger partial charge in [-0.1, -0.05) is 6.07 Å². The van der Waals surface area contributed by atoms with Gasteiger partial charge in [0.15, 0.2) is 0 Å². The molecular weight excluding hydrogens is 226 g/mol. The zero-order valence-corrected chi connectivity index (χ0v) is 10.4. The third-order valence-electron chi connectivity index (χ3n) is 2.35. The van der Waals surface area contributed by atoms with E-state index in [1.165, 1.54) is 0 Å². The summed E-state index contributed by atoms with van der Waals surface area (Å²) in [6, 6.07) is 5.05. The number of aromatic hydroxyl groups is 1. The Balaban J connectivity index is 2.89. The number of aryl methyl sites for hydroxylation is 1. The molecule has 0 aliphatic carbocycles. The molecule has 0 aromatic heterocycles. The van der Waals surface area contributed by atoms with E-state index in [9.17, 15) is 9.90 Å². The van der Waals surface area contributed by atoms with Gasteiger partial charge in [-0.15, -0.1) is 11.6 Å². The molecule has 0 unspecified atom stereocenters. The van der Waals surface area contributed by atoms with Crippen LogP contribution in [0.25, 0.3) is 0 Å². The van der Waals surface area contributed by atoms with Crippen LogP contribution >= 0.6 is 11.6 Å². The van der Waals surface area contributed by atoms with Gasteiger partial charge in [0.1, 0.15) is 5.75 Å². The molecule has 4 heteroatoms. The Morgan fingerprint density at radius 2 is 2.12 bits per heavy atom. The summed E-state index contributed by atoms with van der Waals surface area (Å²) in [6.45, 7) is 5.39. The molecule has 0 atom stereocenters. The maximum atomic E-state index is 11.8. The lowest BCUT2D eigenvalue weighted by Gasteiger charge is -2.20. The monoisotopic (exact) mass is 241 g/mol. The van der Waals surface area contributed by atoms with E-state index >= 15 is 0 Å². The SMILES string of the molecule is Cc1ccc(O)c(NC(=O)C(C)(C)CCl)c1. The van der Waals surface area contributed by atoms with E-state index in [1.54, 1.807) is 32.0 Å². The highest BCUT2D eigenvalue weighted by molar-refractivity contribution is 6.20. The van der Waals surface area contributed by atoms with Gasteiger partial charge in [-0.3, -0.25) is 4.79 Å². The first-order chi connectivity index (χ1) is 7.36. The van der Waals surface area contributed by atoms with Gasteiger partial charge in [-0.05, 0) is 38.5 Å². The first kappa shape index (κ1) is 12.8. The van der Waals surface area contributed by atoms with Crippen LogP contribution in [0.4, 0.5) is 5.69 Å². The molecule has 0 radical (unpaired) electrons. The van der Waals surface area contributed by atoms with Crippen molar-refractivity contribution < 1.29 is 9.90 Å². The number of nitrogens with one attached hydrogen (secondary N) is 1. The van der Waals surface area contributed by atoms with Crippen molar-refractivity contribution in [3.63, 3.8) is 0 Å². The van der Waals surface area contributed by atoms with Crippen LogP contribution in [0.2, 0.25) is 0 Å². The summed E-state index contributed by atoms with van der Waals surface area (Å²) in [7, 11) is 0. The molecule has 1 rings (SSSR count). The molecule has 0 bridgehead atoms. The smallest absolute Gasteiger partial charge is 0.231 e. The highest BCUT2D eigenvalue weighted by Gasteiger charge is 2.27. The molecule has 0 spiro atoms. The highest BCUT2D eigenvalue weighted by atomic mass is 35.5. The normalized spacial score (nSPS) is 11.2. The summed E-state index contributed by atoms with van der Waals surface area (Å²) in [4.78, 5) is 11.8. The predicted octanol–water partition coefficient (Wildman–Crippen LogP) is 2.90. The van der Waals surface area contributed by atoms with Gasteiger partial charge in [0.2, 0.25) is 5.91 Å². The number of halogens is 1. The van der Waals surface area contributed by atoms with Crippen molar-refractivity contribution in [1.29, 1.82) is 0 Å². The molecule has 1 amide bonds. The van der Waals surface area contributed by atoms with Crippen LogP contribution in [0.1, 0.15) is 19.4 Å². The van der Waals surface area contributed by atoms with Crippen LogP contribution in [0.3, 0.4) is 0 Å². The Morgan fingerprint density at radius 3 is 2.69 bits per heavy atom. The van der Waals surface area contributed by atoms with E-state index < -0.39 is 5.41 Å². The molecule has 0 saturated heterocycles. The standard InChI is InChI=1S/C12H16ClNO2/c1-8-4-5-10(15)9(6-8)14-11(16)12(2,3)7-13/h4-6,15H,7H2,1-3H3,(H,14,16). The third kappa shape index (κ3) is 2.89. The number of benzene rings is 1. The van der Waals surface area contributed by atoms with Crippen LogP contribution in [-0.4, -0.2) is 16.9 Å². The Kier molecular flexibility index (Phi) is 3.81. The van der Waals surface area contributed by atoms with Gasteiger partial charge >= 0.3 is 0 Å². The van der Waals surface area contributed by atoms with E-state index in [1.807, 2.05) is 6.92 Å². The number of carbonyl (C=O) groups is 1. The molecule has 1 aromatic carbocycles. The van der Waals surface area contributed by atoms with Gasteiger partial charge in [0, 0.05) is 5.88 Å². The fraction of sp³-hybridized carbons (Fsp3) is 0.417. The van der Waals surface area contributed by atoms with Crippen molar-refractivity contribution in [1.82, 2.24) is 0 Å². The van der Waals surface area contributed by atoms with Crippen molar-refractivity contribution in [3.05, 3.63) is 23.8 Å². The molecule has 88 valence electrons. The summed E-state index contributed by atoms with van der Waals surface area (Å²) in [5.41, 5.74) is 0.734. The Bertz CT molecular complexity index is 402. The molecule has 0 fully saturated rings. The minimum atomic E-state index is -0.655. The fourth-order valence-electron chi connectivity index (χ4n) is 1.10. The van der Waals surface area contributed by atoms with Crippen LogP contribution < -0.4 is 5.32 Å². The second-order valence-corrected chi connectivity index (χ2v) is 4.76. The highest BCUT2D eigenvalue weighted by Crippen LogP contribution is 2.27. The number of hydrogen-bond acceptors (Lipinski definition) is 2. The second kappa shape index (κ2) is 4.74. The largest absolute Gasteiger partial charge is 0.506 e. The molecule has 0 heterocycles. The summed E-state index contributed by atoms with van der Waals surface area (Å²) < 4.78 is 0. The van der Waals surface area contributed by atoms with Crippen molar-refractivity contribution in [2.45, 2.75) is 20.8 Å². The number of anilines is 1. The van der Waals surface area contributed by atoms with E-state index in [-0.39, 0.29) is 17.5 Å². The second-order valence-electron chi connectivity index (χ2n) is 4.49. The molecule has 0 saturated carbocycles. The lowest BCUT2D eigenvalue weighted by molar-refractivity contribution is -0.122. The number of alkyl halides is 1. The van der Waals surface area contributed by atoms with E-state index in [0.29, 0.717) is 5.69 Å². The van der Waals surface area contributed by atoms with Gasteiger partial charge in [-0.2, -0.15) is 0 Å². The summed E-state index contributed by atoms with van der Waals surface area (Å²) >= 11 is 5.70. The first-order valence-electron chi connectivity index (χ1n) is 5.04. The summed E-state index contributed by atoms with van der Waals surface area (Å²) in [5, 5.41) is 12.2. The fourth-order valence-corrected chi connectivity index (χ4v) is 1.22. The number of carbonyl (C=O) groups excluding carboxylic acids is 1. The van der Waals surface area contributed by atoms with Crippen LogP contribution in [-0.2, 0) is 4.79 Å². The molecule has 1 aromatic rings. The molecule has 3 nitrogen and oxygen atoms in total. The predicted molar refractivity (Wildman–Crippen MR) is 66.0 cm³/mol. The van der Waals surface area contributed by atoms with Crippen LogP contribution in [0, 0.1) is 12.3 Å². The zero-order valence-electron chi connectivity index (χ0n) is 9.67. The maximum absolute atomic E-state index is 11.8.